The molecule has 2 amide bonds. The molecule has 8 heteroatoms. The van der Waals surface area contributed by atoms with Gasteiger partial charge in [-0.3, -0.25) is 9.59 Å². The highest BCUT2D eigenvalue weighted by atomic mass is 79.9. The molecule has 0 saturated carbocycles. The van der Waals surface area contributed by atoms with E-state index in [4.69, 9.17) is 11.6 Å². The Bertz CT molecular complexity index is 1060. The summed E-state index contributed by atoms with van der Waals surface area (Å²) in [4.78, 5) is 25.1. The SMILES string of the molecule is CC(=NNC(=O)c1ccc(Br)s1)c1cccc(NC(=O)c2ccccc2Cl)c1. The quantitative estimate of drug-likeness (QED) is 0.373. The number of hydrogen-bond acceptors (Lipinski definition) is 4. The van der Waals surface area contributed by atoms with Gasteiger partial charge in [0.1, 0.15) is 0 Å². The van der Waals surface area contributed by atoms with Crippen LogP contribution in [0.2, 0.25) is 5.02 Å². The molecule has 2 aromatic carbocycles. The summed E-state index contributed by atoms with van der Waals surface area (Å²) in [5.41, 5.74) is 4.91. The number of carbonyl (C=O) groups is 2. The Morgan fingerprint density at radius 2 is 1.82 bits per heavy atom. The summed E-state index contributed by atoms with van der Waals surface area (Å²) in [7, 11) is 0. The van der Waals surface area contributed by atoms with Crippen LogP contribution < -0.4 is 10.7 Å². The van der Waals surface area contributed by atoms with Crippen LogP contribution in [0.25, 0.3) is 0 Å². The molecule has 0 bridgehead atoms. The van der Waals surface area contributed by atoms with Crippen molar-refractivity contribution in [2.24, 2.45) is 5.10 Å². The fraction of sp³-hybridized carbons (Fsp3) is 0.0500. The molecule has 0 spiro atoms. The lowest BCUT2D eigenvalue weighted by Crippen LogP contribution is -2.18. The Morgan fingerprint density at radius 3 is 2.54 bits per heavy atom. The lowest BCUT2D eigenvalue weighted by atomic mass is 10.1. The number of nitrogens with one attached hydrogen (secondary N) is 2. The predicted molar refractivity (Wildman–Crippen MR) is 118 cm³/mol. The third-order valence-corrected chi connectivity index (χ3v) is 5.73. The van der Waals surface area contributed by atoms with Crippen LogP contribution in [0.1, 0.15) is 32.5 Å². The van der Waals surface area contributed by atoms with Crippen molar-refractivity contribution in [3.8, 4) is 0 Å². The van der Waals surface area contributed by atoms with Crippen molar-refractivity contribution in [1.82, 2.24) is 5.43 Å². The van der Waals surface area contributed by atoms with Crippen LogP contribution in [-0.4, -0.2) is 17.5 Å². The Hall–Kier alpha value is -2.48. The summed E-state index contributed by atoms with van der Waals surface area (Å²) in [6, 6.07) is 17.6. The third kappa shape index (κ3) is 5.07. The van der Waals surface area contributed by atoms with Crippen LogP contribution in [0.3, 0.4) is 0 Å². The van der Waals surface area contributed by atoms with Gasteiger partial charge in [-0.1, -0.05) is 35.9 Å². The lowest BCUT2D eigenvalue weighted by Gasteiger charge is -2.08. The molecule has 0 atom stereocenters. The molecule has 0 radical (unpaired) electrons. The number of hydrazone groups is 1. The molecule has 2 N–H and O–H groups in total. The lowest BCUT2D eigenvalue weighted by molar-refractivity contribution is 0.0958. The number of benzene rings is 2. The molecule has 0 aliphatic heterocycles. The summed E-state index contributed by atoms with van der Waals surface area (Å²) in [6.45, 7) is 1.78. The number of hydrogen-bond donors (Lipinski definition) is 2. The van der Waals surface area contributed by atoms with Crippen molar-refractivity contribution in [2.75, 3.05) is 5.32 Å². The first-order valence-corrected chi connectivity index (χ1v) is 10.2. The third-order valence-electron chi connectivity index (χ3n) is 3.78. The summed E-state index contributed by atoms with van der Waals surface area (Å²) in [5, 5.41) is 7.35. The van der Waals surface area contributed by atoms with Crippen molar-refractivity contribution in [1.29, 1.82) is 0 Å². The number of amides is 2. The smallest absolute Gasteiger partial charge is 0.281 e. The minimum Gasteiger partial charge on any atom is -0.322 e. The van der Waals surface area contributed by atoms with Gasteiger partial charge in [-0.15, -0.1) is 11.3 Å². The van der Waals surface area contributed by atoms with Crippen LogP contribution >= 0.6 is 38.9 Å². The van der Waals surface area contributed by atoms with E-state index in [9.17, 15) is 9.59 Å². The van der Waals surface area contributed by atoms with E-state index in [-0.39, 0.29) is 11.8 Å². The molecule has 0 aliphatic carbocycles. The maximum absolute atomic E-state index is 12.4. The van der Waals surface area contributed by atoms with E-state index in [1.165, 1.54) is 11.3 Å². The fourth-order valence-corrected chi connectivity index (χ4v) is 3.85. The summed E-state index contributed by atoms with van der Waals surface area (Å²) < 4.78 is 0.875. The zero-order valence-corrected chi connectivity index (χ0v) is 17.9. The van der Waals surface area contributed by atoms with E-state index in [0.717, 1.165) is 9.35 Å². The normalized spacial score (nSPS) is 11.2. The number of nitrogens with zero attached hydrogens (tertiary/aromatic N) is 1. The molecular weight excluding hydrogens is 462 g/mol. The van der Waals surface area contributed by atoms with Crippen LogP contribution in [-0.2, 0) is 0 Å². The Kier molecular flexibility index (Phi) is 6.61. The van der Waals surface area contributed by atoms with E-state index in [0.29, 0.717) is 26.9 Å². The summed E-state index contributed by atoms with van der Waals surface area (Å²) in [5.74, 6) is -0.577. The van der Waals surface area contributed by atoms with Crippen molar-refractivity contribution < 1.29 is 9.59 Å². The van der Waals surface area contributed by atoms with Crippen LogP contribution in [0, 0.1) is 0 Å². The molecule has 0 aliphatic rings. The summed E-state index contributed by atoms with van der Waals surface area (Å²) >= 11 is 10.7. The van der Waals surface area contributed by atoms with Crippen molar-refractivity contribution >= 4 is 62.1 Å². The fourth-order valence-electron chi connectivity index (χ4n) is 2.36. The number of anilines is 1. The average molecular weight is 477 g/mol. The predicted octanol–water partition coefficient (Wildman–Crippen LogP) is 5.57. The van der Waals surface area contributed by atoms with Gasteiger partial charge in [0.2, 0.25) is 0 Å². The molecule has 142 valence electrons. The van der Waals surface area contributed by atoms with Gasteiger partial charge >= 0.3 is 0 Å². The second-order valence-corrected chi connectivity index (χ2v) is 8.63. The van der Waals surface area contributed by atoms with Gasteiger partial charge < -0.3 is 5.32 Å². The van der Waals surface area contributed by atoms with E-state index in [1.54, 1.807) is 61.5 Å². The highest BCUT2D eigenvalue weighted by molar-refractivity contribution is 9.11. The standard InChI is InChI=1S/C20H15BrClN3O2S/c1-12(24-25-20(27)17-9-10-18(21)28-17)13-5-4-6-14(11-13)23-19(26)15-7-2-3-8-16(15)22/h2-11H,1H3,(H,23,26)(H,25,27). The minimum absolute atomic E-state index is 0.279. The van der Waals surface area contributed by atoms with Gasteiger partial charge in [-0.05, 0) is 64.8 Å². The van der Waals surface area contributed by atoms with Crippen molar-refractivity contribution in [2.45, 2.75) is 6.92 Å². The van der Waals surface area contributed by atoms with Gasteiger partial charge in [0.25, 0.3) is 11.8 Å². The second-order valence-electron chi connectivity index (χ2n) is 5.76. The van der Waals surface area contributed by atoms with Crippen LogP contribution in [0.5, 0.6) is 0 Å². The Balaban J connectivity index is 1.70. The van der Waals surface area contributed by atoms with E-state index >= 15 is 0 Å². The molecular formula is C20H15BrClN3O2S. The second kappa shape index (κ2) is 9.14. The molecule has 5 nitrogen and oxygen atoms in total. The number of rotatable bonds is 5. The molecule has 28 heavy (non-hydrogen) atoms. The van der Waals surface area contributed by atoms with Gasteiger partial charge in [-0.2, -0.15) is 5.10 Å². The van der Waals surface area contributed by atoms with Gasteiger partial charge in [-0.25, -0.2) is 5.43 Å². The van der Waals surface area contributed by atoms with Crippen LogP contribution in [0.15, 0.2) is 69.6 Å². The first-order chi connectivity index (χ1) is 13.4. The molecule has 0 saturated heterocycles. The van der Waals surface area contributed by atoms with E-state index in [2.05, 4.69) is 31.8 Å². The first-order valence-electron chi connectivity index (χ1n) is 8.20. The highest BCUT2D eigenvalue weighted by Crippen LogP contribution is 2.22. The van der Waals surface area contributed by atoms with Gasteiger partial charge in [0.15, 0.2) is 0 Å². The van der Waals surface area contributed by atoms with Gasteiger partial charge in [0, 0.05) is 5.69 Å². The maximum Gasteiger partial charge on any atom is 0.281 e. The zero-order chi connectivity index (χ0) is 20.1. The number of carbonyl (C=O) groups excluding carboxylic acids is 2. The minimum atomic E-state index is -0.297. The molecule has 0 fully saturated rings. The first kappa shape index (κ1) is 20.3. The monoisotopic (exact) mass is 475 g/mol. The molecule has 1 aromatic heterocycles. The average Bonchev–Trinajstić information content (AvgIpc) is 3.13. The molecule has 1 heterocycles. The summed E-state index contributed by atoms with van der Waals surface area (Å²) in [6.07, 6.45) is 0. The molecule has 0 unspecified atom stereocenters. The number of thiophene rings is 1. The zero-order valence-electron chi connectivity index (χ0n) is 14.7. The van der Waals surface area contributed by atoms with E-state index < -0.39 is 0 Å². The van der Waals surface area contributed by atoms with Gasteiger partial charge in [0.05, 0.1) is 25.0 Å². The van der Waals surface area contributed by atoms with Crippen molar-refractivity contribution in [3.05, 3.63) is 85.5 Å². The van der Waals surface area contributed by atoms with Crippen molar-refractivity contribution in [3.63, 3.8) is 0 Å². The number of halogens is 2. The Morgan fingerprint density at radius 1 is 1.04 bits per heavy atom. The van der Waals surface area contributed by atoms with E-state index in [1.807, 2.05) is 6.07 Å². The molecule has 3 aromatic rings. The molecule has 3 rings (SSSR count). The Labute approximate surface area is 179 Å². The maximum atomic E-state index is 12.4. The topological polar surface area (TPSA) is 70.6 Å². The van der Waals surface area contributed by atoms with Crippen LogP contribution in [0.4, 0.5) is 5.69 Å². The largest absolute Gasteiger partial charge is 0.322 e. The highest BCUT2D eigenvalue weighted by Gasteiger charge is 2.11.